The number of anilines is 1. The predicted molar refractivity (Wildman–Crippen MR) is 101 cm³/mol. The molecule has 1 N–H and O–H groups in total. The molecular formula is C20H23N3O3. The van der Waals surface area contributed by atoms with Crippen LogP contribution in [0.1, 0.15) is 24.8 Å². The van der Waals surface area contributed by atoms with Gasteiger partial charge in [0.05, 0.1) is 4.92 Å². The first-order chi connectivity index (χ1) is 12.6. The third kappa shape index (κ3) is 4.59. The number of hydrogen-bond acceptors (Lipinski definition) is 4. The average Bonchev–Trinajstić information content (AvgIpc) is 3.14. The number of nitrogens with one attached hydrogen (secondary N) is 1. The van der Waals surface area contributed by atoms with Crippen LogP contribution >= 0.6 is 0 Å². The van der Waals surface area contributed by atoms with Gasteiger partial charge in [-0.1, -0.05) is 30.3 Å². The van der Waals surface area contributed by atoms with Gasteiger partial charge < -0.3 is 10.2 Å². The lowest BCUT2D eigenvalue weighted by molar-refractivity contribution is -0.384. The smallest absolute Gasteiger partial charge is 0.269 e. The van der Waals surface area contributed by atoms with E-state index in [0.717, 1.165) is 24.9 Å². The van der Waals surface area contributed by atoms with Gasteiger partial charge in [0.15, 0.2) is 0 Å². The summed E-state index contributed by atoms with van der Waals surface area (Å²) in [5.74, 6) is 0.0169. The molecule has 1 saturated heterocycles. The molecule has 1 aliphatic heterocycles. The zero-order valence-corrected chi connectivity index (χ0v) is 14.6. The van der Waals surface area contributed by atoms with Crippen LogP contribution < -0.4 is 10.2 Å². The Kier molecular flexibility index (Phi) is 5.84. The van der Waals surface area contributed by atoms with Gasteiger partial charge in [0.2, 0.25) is 5.91 Å². The van der Waals surface area contributed by atoms with Gasteiger partial charge in [-0.3, -0.25) is 14.9 Å². The van der Waals surface area contributed by atoms with Gasteiger partial charge in [-0.05, 0) is 37.0 Å². The highest BCUT2D eigenvalue weighted by Crippen LogP contribution is 2.24. The molecule has 6 heteroatoms. The number of nitro groups is 1. The van der Waals surface area contributed by atoms with E-state index in [-0.39, 0.29) is 11.6 Å². The summed E-state index contributed by atoms with van der Waals surface area (Å²) in [7, 11) is 0. The number of non-ortho nitro benzene ring substituents is 1. The van der Waals surface area contributed by atoms with Crippen LogP contribution in [0.5, 0.6) is 0 Å². The number of nitrogens with zero attached hydrogens (tertiary/aromatic N) is 2. The lowest BCUT2D eigenvalue weighted by Gasteiger charge is -2.27. The van der Waals surface area contributed by atoms with Crippen LogP contribution in [-0.2, 0) is 11.2 Å². The largest absolute Gasteiger partial charge is 0.367 e. The zero-order chi connectivity index (χ0) is 18.4. The maximum Gasteiger partial charge on any atom is 0.269 e. The maximum atomic E-state index is 12.2. The predicted octanol–water partition coefficient (Wildman–Crippen LogP) is 3.31. The Balaban J connectivity index is 1.45. The molecule has 2 aromatic carbocycles. The highest BCUT2D eigenvalue weighted by atomic mass is 16.6. The standard InChI is InChI=1S/C20H23N3O3/c24-20(13-10-16-8-11-18(12-9-16)23(25)26)21-15-19-7-4-14-22(19)17-5-2-1-3-6-17/h1-3,5-6,8-9,11-12,19H,4,7,10,13-15H2,(H,21,24). The lowest BCUT2D eigenvalue weighted by atomic mass is 10.1. The molecule has 0 radical (unpaired) electrons. The molecule has 0 aliphatic carbocycles. The zero-order valence-electron chi connectivity index (χ0n) is 14.6. The Bertz CT molecular complexity index is 747. The Hall–Kier alpha value is -2.89. The summed E-state index contributed by atoms with van der Waals surface area (Å²) in [6.07, 6.45) is 3.18. The van der Waals surface area contributed by atoms with Gasteiger partial charge >= 0.3 is 0 Å². The highest BCUT2D eigenvalue weighted by Gasteiger charge is 2.24. The third-order valence-electron chi connectivity index (χ3n) is 4.79. The molecule has 2 aromatic rings. The van der Waals surface area contributed by atoms with Gasteiger partial charge in [-0.15, -0.1) is 0 Å². The number of para-hydroxylation sites is 1. The minimum Gasteiger partial charge on any atom is -0.367 e. The summed E-state index contributed by atoms with van der Waals surface area (Å²) < 4.78 is 0. The second-order valence-corrected chi connectivity index (χ2v) is 6.55. The monoisotopic (exact) mass is 353 g/mol. The normalized spacial score (nSPS) is 16.5. The van der Waals surface area contributed by atoms with Crippen LogP contribution in [0, 0.1) is 10.1 Å². The summed E-state index contributed by atoms with van der Waals surface area (Å²) in [5, 5.41) is 13.7. The van der Waals surface area contributed by atoms with Crippen molar-refractivity contribution in [3.8, 4) is 0 Å². The highest BCUT2D eigenvalue weighted by molar-refractivity contribution is 5.76. The fourth-order valence-corrected chi connectivity index (χ4v) is 3.37. The van der Waals surface area contributed by atoms with Crippen molar-refractivity contribution in [2.75, 3.05) is 18.0 Å². The second kappa shape index (κ2) is 8.47. The lowest BCUT2D eigenvalue weighted by Crippen LogP contribution is -2.40. The second-order valence-electron chi connectivity index (χ2n) is 6.55. The molecule has 136 valence electrons. The Morgan fingerprint density at radius 1 is 1.15 bits per heavy atom. The molecule has 1 amide bonds. The number of carbonyl (C=O) groups excluding carboxylic acids is 1. The molecule has 3 rings (SSSR count). The van der Waals surface area contributed by atoms with E-state index in [2.05, 4.69) is 22.3 Å². The van der Waals surface area contributed by atoms with E-state index in [1.807, 2.05) is 18.2 Å². The van der Waals surface area contributed by atoms with Gasteiger partial charge in [0.1, 0.15) is 0 Å². The van der Waals surface area contributed by atoms with Gasteiger partial charge in [0.25, 0.3) is 5.69 Å². The van der Waals surface area contributed by atoms with E-state index in [0.29, 0.717) is 25.4 Å². The Morgan fingerprint density at radius 3 is 2.58 bits per heavy atom. The summed E-state index contributed by atoms with van der Waals surface area (Å²) in [4.78, 5) is 24.7. The number of carbonyl (C=O) groups is 1. The topological polar surface area (TPSA) is 75.5 Å². The number of amides is 1. The summed E-state index contributed by atoms with van der Waals surface area (Å²) in [6.45, 7) is 1.67. The van der Waals surface area contributed by atoms with Gasteiger partial charge in [-0.2, -0.15) is 0 Å². The molecule has 0 aromatic heterocycles. The molecule has 1 heterocycles. The first-order valence-corrected chi connectivity index (χ1v) is 8.95. The van der Waals surface area contributed by atoms with Gasteiger partial charge in [0, 0.05) is 43.4 Å². The third-order valence-corrected chi connectivity index (χ3v) is 4.79. The fraction of sp³-hybridized carbons (Fsp3) is 0.350. The van der Waals surface area contributed by atoms with Crippen molar-refractivity contribution in [2.24, 2.45) is 0 Å². The summed E-state index contributed by atoms with van der Waals surface area (Å²) >= 11 is 0. The van der Waals surface area contributed by atoms with E-state index < -0.39 is 4.92 Å². The molecular weight excluding hydrogens is 330 g/mol. The molecule has 1 unspecified atom stereocenters. The van der Waals surface area contributed by atoms with Crippen LogP contribution in [-0.4, -0.2) is 30.0 Å². The van der Waals surface area contributed by atoms with Crippen LogP contribution in [0.25, 0.3) is 0 Å². The number of rotatable bonds is 7. The molecule has 1 atom stereocenters. The van der Waals surface area contributed by atoms with E-state index in [9.17, 15) is 14.9 Å². The van der Waals surface area contributed by atoms with Crippen LogP contribution in [0.2, 0.25) is 0 Å². The maximum absolute atomic E-state index is 12.2. The Labute approximate surface area is 153 Å². The Morgan fingerprint density at radius 2 is 1.88 bits per heavy atom. The average molecular weight is 353 g/mol. The van der Waals surface area contributed by atoms with Crippen LogP contribution in [0.15, 0.2) is 54.6 Å². The van der Waals surface area contributed by atoms with E-state index in [1.165, 1.54) is 17.8 Å². The first-order valence-electron chi connectivity index (χ1n) is 8.95. The van der Waals surface area contributed by atoms with Crippen molar-refractivity contribution in [2.45, 2.75) is 31.7 Å². The van der Waals surface area contributed by atoms with Crippen LogP contribution in [0.3, 0.4) is 0 Å². The number of benzene rings is 2. The van der Waals surface area contributed by atoms with Gasteiger partial charge in [-0.25, -0.2) is 0 Å². The van der Waals surface area contributed by atoms with Crippen molar-refractivity contribution in [1.29, 1.82) is 0 Å². The number of hydrogen-bond donors (Lipinski definition) is 1. The quantitative estimate of drug-likeness (QED) is 0.612. The SMILES string of the molecule is O=C(CCc1ccc([N+](=O)[O-])cc1)NCC1CCCN1c1ccccc1. The van der Waals surface area contributed by atoms with Crippen molar-refractivity contribution < 1.29 is 9.72 Å². The number of nitro benzene ring substituents is 1. The first kappa shape index (κ1) is 17.9. The minimum atomic E-state index is -0.420. The fourth-order valence-electron chi connectivity index (χ4n) is 3.37. The molecule has 0 bridgehead atoms. The van der Waals surface area contributed by atoms with Crippen molar-refractivity contribution in [3.05, 3.63) is 70.3 Å². The summed E-state index contributed by atoms with van der Waals surface area (Å²) in [6, 6.07) is 17.0. The van der Waals surface area contributed by atoms with E-state index in [1.54, 1.807) is 12.1 Å². The van der Waals surface area contributed by atoms with Crippen LogP contribution in [0.4, 0.5) is 11.4 Å². The summed E-state index contributed by atoms with van der Waals surface area (Å²) in [5.41, 5.74) is 2.20. The molecule has 0 saturated carbocycles. The van der Waals surface area contributed by atoms with Crippen molar-refractivity contribution >= 4 is 17.3 Å². The molecule has 1 aliphatic rings. The molecule has 6 nitrogen and oxygen atoms in total. The van der Waals surface area contributed by atoms with Crippen molar-refractivity contribution in [3.63, 3.8) is 0 Å². The van der Waals surface area contributed by atoms with E-state index in [4.69, 9.17) is 0 Å². The molecule has 0 spiro atoms. The minimum absolute atomic E-state index is 0.0169. The number of aryl methyl sites for hydroxylation is 1. The van der Waals surface area contributed by atoms with Crippen molar-refractivity contribution in [1.82, 2.24) is 5.32 Å². The molecule has 1 fully saturated rings. The molecule has 26 heavy (non-hydrogen) atoms. The van der Waals surface area contributed by atoms with E-state index >= 15 is 0 Å².